The van der Waals surface area contributed by atoms with Crippen molar-refractivity contribution in [1.29, 1.82) is 0 Å². The lowest BCUT2D eigenvalue weighted by molar-refractivity contribution is 0.0135. The fraction of sp³-hybridized carbons (Fsp3) is 1.00. The van der Waals surface area contributed by atoms with Crippen molar-refractivity contribution in [2.45, 2.75) is 38.7 Å². The van der Waals surface area contributed by atoms with Crippen LogP contribution in [0.1, 0.15) is 32.6 Å². The Kier molecular flexibility index (Phi) is 6.57. The molecule has 2 rings (SSSR count). The Bertz CT molecular complexity index is 236. The summed E-state index contributed by atoms with van der Waals surface area (Å²) < 4.78 is 5.26. The van der Waals surface area contributed by atoms with Crippen molar-refractivity contribution in [2.75, 3.05) is 52.5 Å². The van der Waals surface area contributed by atoms with E-state index in [0.717, 1.165) is 25.6 Å². The minimum absolute atomic E-state index is 0.324. The molecule has 1 N–H and O–H groups in total. The summed E-state index contributed by atoms with van der Waals surface area (Å²) in [6.45, 7) is 10.1. The lowest BCUT2D eigenvalue weighted by atomic mass is 9.96. The molecule has 4 nitrogen and oxygen atoms in total. The molecule has 2 saturated heterocycles. The Morgan fingerprint density at radius 1 is 1.11 bits per heavy atom. The van der Waals surface area contributed by atoms with Gasteiger partial charge in [-0.1, -0.05) is 0 Å². The van der Waals surface area contributed by atoms with Crippen LogP contribution >= 0.6 is 0 Å². The molecule has 1 unspecified atom stereocenters. The van der Waals surface area contributed by atoms with Crippen LogP contribution in [-0.4, -0.2) is 73.5 Å². The van der Waals surface area contributed by atoms with Crippen LogP contribution in [0, 0.1) is 5.92 Å². The van der Waals surface area contributed by atoms with E-state index in [1.54, 1.807) is 0 Å². The van der Waals surface area contributed by atoms with Crippen LogP contribution in [-0.2, 0) is 4.74 Å². The third kappa shape index (κ3) is 5.38. The van der Waals surface area contributed by atoms with Crippen LogP contribution in [0.5, 0.6) is 0 Å². The zero-order valence-electron chi connectivity index (χ0n) is 12.4. The number of aliphatic hydroxyl groups is 1. The van der Waals surface area contributed by atoms with Crippen molar-refractivity contribution in [3.63, 3.8) is 0 Å². The van der Waals surface area contributed by atoms with Gasteiger partial charge in [0.2, 0.25) is 0 Å². The number of rotatable bonds is 7. The van der Waals surface area contributed by atoms with E-state index in [0.29, 0.717) is 13.2 Å². The maximum Gasteiger partial charge on any atom is 0.0900 e. The van der Waals surface area contributed by atoms with Gasteiger partial charge in [-0.05, 0) is 64.7 Å². The average Bonchev–Trinajstić information content (AvgIpc) is 2.91. The maximum absolute atomic E-state index is 9.85. The third-order valence-corrected chi connectivity index (χ3v) is 4.41. The van der Waals surface area contributed by atoms with E-state index in [9.17, 15) is 5.11 Å². The molecular formula is C15H30N2O2. The zero-order valence-corrected chi connectivity index (χ0v) is 12.4. The molecule has 112 valence electrons. The van der Waals surface area contributed by atoms with E-state index in [1.807, 2.05) is 6.92 Å². The summed E-state index contributed by atoms with van der Waals surface area (Å²) >= 11 is 0. The molecule has 0 spiro atoms. The number of piperidine rings is 1. The number of β-amino-alcohol motifs (C(OH)–C–C–N with tert-alkyl or cyclic N) is 1. The first-order chi connectivity index (χ1) is 9.28. The molecule has 1 atom stereocenters. The first kappa shape index (κ1) is 15.2. The number of ether oxygens (including phenoxy) is 1. The zero-order chi connectivity index (χ0) is 13.5. The van der Waals surface area contributed by atoms with E-state index in [-0.39, 0.29) is 6.10 Å². The van der Waals surface area contributed by atoms with Gasteiger partial charge in [-0.15, -0.1) is 0 Å². The molecule has 2 aliphatic rings. The van der Waals surface area contributed by atoms with Gasteiger partial charge in [0, 0.05) is 19.7 Å². The largest absolute Gasteiger partial charge is 0.389 e. The SMILES string of the molecule is CCOCC(O)CN1CCC(CN2CCCC2)CC1. The van der Waals surface area contributed by atoms with Crippen molar-refractivity contribution >= 4 is 0 Å². The second-order valence-corrected chi connectivity index (χ2v) is 6.06. The molecule has 4 heteroatoms. The van der Waals surface area contributed by atoms with Crippen LogP contribution in [0.15, 0.2) is 0 Å². The molecule has 0 aromatic carbocycles. The maximum atomic E-state index is 9.85. The van der Waals surface area contributed by atoms with Gasteiger partial charge in [-0.3, -0.25) is 0 Å². The molecule has 2 aliphatic heterocycles. The first-order valence-electron chi connectivity index (χ1n) is 7.98. The highest BCUT2D eigenvalue weighted by Crippen LogP contribution is 2.20. The predicted octanol–water partition coefficient (Wildman–Crippen LogP) is 1.19. The van der Waals surface area contributed by atoms with E-state index >= 15 is 0 Å². The molecule has 0 bridgehead atoms. The van der Waals surface area contributed by atoms with Crippen LogP contribution in [0.4, 0.5) is 0 Å². The highest BCUT2D eigenvalue weighted by Gasteiger charge is 2.23. The van der Waals surface area contributed by atoms with E-state index in [1.165, 1.54) is 45.3 Å². The summed E-state index contributed by atoms with van der Waals surface area (Å²) in [6.07, 6.45) is 5.04. The molecule has 0 amide bonds. The molecule has 0 radical (unpaired) electrons. The van der Waals surface area contributed by atoms with Gasteiger partial charge in [0.1, 0.15) is 0 Å². The van der Waals surface area contributed by atoms with E-state index < -0.39 is 0 Å². The number of likely N-dealkylation sites (tertiary alicyclic amines) is 2. The summed E-state index contributed by atoms with van der Waals surface area (Å²) in [5, 5.41) is 9.85. The van der Waals surface area contributed by atoms with Gasteiger partial charge < -0.3 is 19.6 Å². The molecule has 2 fully saturated rings. The Balaban J connectivity index is 1.59. The molecule has 0 aliphatic carbocycles. The standard InChI is InChI=1S/C15H30N2O2/c1-2-19-13-15(18)12-17-9-5-14(6-10-17)11-16-7-3-4-8-16/h14-15,18H,2-13H2,1H3. The van der Waals surface area contributed by atoms with E-state index in [4.69, 9.17) is 4.74 Å². The van der Waals surface area contributed by atoms with Crippen LogP contribution in [0.3, 0.4) is 0 Å². The molecular weight excluding hydrogens is 240 g/mol. The Morgan fingerprint density at radius 2 is 1.79 bits per heavy atom. The predicted molar refractivity (Wildman–Crippen MR) is 77.3 cm³/mol. The lowest BCUT2D eigenvalue weighted by Crippen LogP contribution is -2.42. The smallest absolute Gasteiger partial charge is 0.0900 e. The fourth-order valence-corrected chi connectivity index (χ4v) is 3.29. The fourth-order valence-electron chi connectivity index (χ4n) is 3.29. The van der Waals surface area contributed by atoms with Crippen LogP contribution < -0.4 is 0 Å². The topological polar surface area (TPSA) is 35.9 Å². The minimum Gasteiger partial charge on any atom is -0.389 e. The molecule has 0 aromatic heterocycles. The van der Waals surface area contributed by atoms with Crippen molar-refractivity contribution in [1.82, 2.24) is 9.80 Å². The lowest BCUT2D eigenvalue weighted by Gasteiger charge is -2.34. The van der Waals surface area contributed by atoms with Gasteiger partial charge >= 0.3 is 0 Å². The van der Waals surface area contributed by atoms with Gasteiger partial charge in [-0.25, -0.2) is 0 Å². The van der Waals surface area contributed by atoms with Gasteiger partial charge in [0.25, 0.3) is 0 Å². The first-order valence-corrected chi connectivity index (χ1v) is 7.98. The molecule has 19 heavy (non-hydrogen) atoms. The minimum atomic E-state index is -0.324. The van der Waals surface area contributed by atoms with Gasteiger partial charge in [0.15, 0.2) is 0 Å². The molecule has 0 aromatic rings. The van der Waals surface area contributed by atoms with Gasteiger partial charge in [-0.2, -0.15) is 0 Å². The second kappa shape index (κ2) is 8.20. The van der Waals surface area contributed by atoms with Crippen molar-refractivity contribution in [3.8, 4) is 0 Å². The Hall–Kier alpha value is -0.160. The highest BCUT2D eigenvalue weighted by atomic mass is 16.5. The number of hydrogen-bond acceptors (Lipinski definition) is 4. The Labute approximate surface area is 117 Å². The van der Waals surface area contributed by atoms with E-state index in [2.05, 4.69) is 9.80 Å². The van der Waals surface area contributed by atoms with Gasteiger partial charge in [0.05, 0.1) is 12.7 Å². The summed E-state index contributed by atoms with van der Waals surface area (Å²) in [5.74, 6) is 0.874. The average molecular weight is 270 g/mol. The normalized spacial score (nSPS) is 24.9. The van der Waals surface area contributed by atoms with Crippen molar-refractivity contribution in [2.24, 2.45) is 5.92 Å². The summed E-state index contributed by atoms with van der Waals surface area (Å²) in [4.78, 5) is 5.02. The molecule has 2 heterocycles. The van der Waals surface area contributed by atoms with Crippen LogP contribution in [0.25, 0.3) is 0 Å². The highest BCUT2D eigenvalue weighted by molar-refractivity contribution is 4.78. The Morgan fingerprint density at radius 3 is 2.42 bits per heavy atom. The molecule has 0 saturated carbocycles. The van der Waals surface area contributed by atoms with Crippen molar-refractivity contribution in [3.05, 3.63) is 0 Å². The third-order valence-electron chi connectivity index (χ3n) is 4.41. The number of hydrogen-bond donors (Lipinski definition) is 1. The summed E-state index contributed by atoms with van der Waals surface area (Å²) in [7, 11) is 0. The monoisotopic (exact) mass is 270 g/mol. The summed E-state index contributed by atoms with van der Waals surface area (Å²) in [5.41, 5.74) is 0. The second-order valence-electron chi connectivity index (χ2n) is 6.06. The quantitative estimate of drug-likeness (QED) is 0.754. The number of nitrogens with zero attached hydrogens (tertiary/aromatic N) is 2. The summed E-state index contributed by atoms with van der Waals surface area (Å²) in [6, 6.07) is 0. The van der Waals surface area contributed by atoms with Crippen molar-refractivity contribution < 1.29 is 9.84 Å². The number of aliphatic hydroxyl groups excluding tert-OH is 1. The van der Waals surface area contributed by atoms with Crippen LogP contribution in [0.2, 0.25) is 0 Å².